The summed E-state index contributed by atoms with van der Waals surface area (Å²) in [6, 6.07) is 72.0. The van der Waals surface area contributed by atoms with Crippen molar-refractivity contribution in [3.63, 3.8) is 0 Å². The lowest BCUT2D eigenvalue weighted by atomic mass is 9.89. The molecular weight excluding hydrogens is 727 g/mol. The molecule has 3 heteroatoms. The number of nitrogens with zero attached hydrogens (tertiary/aromatic N) is 3. The summed E-state index contributed by atoms with van der Waals surface area (Å²) in [5.41, 5.74) is 11.7. The van der Waals surface area contributed by atoms with Gasteiger partial charge in [-0.15, -0.1) is 0 Å². The number of aromatic nitrogens is 3. The summed E-state index contributed by atoms with van der Waals surface area (Å²) >= 11 is 0. The average Bonchev–Trinajstić information content (AvgIpc) is 3.33. The first-order valence-electron chi connectivity index (χ1n) is 20.4. The Balaban J connectivity index is 0.967. The minimum Gasteiger partial charge on any atom is -0.264 e. The van der Waals surface area contributed by atoms with E-state index in [1.165, 1.54) is 70.6 Å². The van der Waals surface area contributed by atoms with Gasteiger partial charge in [0.1, 0.15) is 0 Å². The fraction of sp³-hybridized carbons (Fsp3) is 0. The largest absolute Gasteiger partial charge is 0.264 e. The average molecular weight is 762 g/mol. The van der Waals surface area contributed by atoms with Crippen molar-refractivity contribution in [2.24, 2.45) is 0 Å². The summed E-state index contributed by atoms with van der Waals surface area (Å²) in [6.07, 6.45) is 3.71. The van der Waals surface area contributed by atoms with Crippen molar-refractivity contribution in [1.29, 1.82) is 0 Å². The monoisotopic (exact) mass is 761 g/mol. The molecule has 0 bridgehead atoms. The third-order valence-electron chi connectivity index (χ3n) is 12.1. The summed E-state index contributed by atoms with van der Waals surface area (Å²) in [7, 11) is 0. The molecule has 3 nitrogen and oxygen atoms in total. The van der Waals surface area contributed by atoms with Crippen molar-refractivity contribution in [1.82, 2.24) is 15.0 Å². The lowest BCUT2D eigenvalue weighted by molar-refractivity contribution is 1.18. The molecule has 2 aromatic heterocycles. The molecule has 0 saturated heterocycles. The maximum Gasteiger partial charge on any atom is 0.160 e. The van der Waals surface area contributed by atoms with Crippen LogP contribution in [0.2, 0.25) is 0 Å². The van der Waals surface area contributed by atoms with Crippen LogP contribution in [0.5, 0.6) is 0 Å². The molecule has 2 heterocycles. The van der Waals surface area contributed by atoms with E-state index in [9.17, 15) is 0 Å². The highest BCUT2D eigenvalue weighted by molar-refractivity contribution is 6.25. The van der Waals surface area contributed by atoms with E-state index in [4.69, 9.17) is 9.97 Å². The maximum atomic E-state index is 5.26. The lowest BCUT2D eigenvalue weighted by Crippen LogP contribution is -1.96. The van der Waals surface area contributed by atoms with Crippen LogP contribution in [0.15, 0.2) is 213 Å². The van der Waals surface area contributed by atoms with Gasteiger partial charge in [0.2, 0.25) is 0 Å². The van der Waals surface area contributed by atoms with E-state index in [0.29, 0.717) is 5.82 Å². The minimum absolute atomic E-state index is 0.681. The zero-order valence-corrected chi connectivity index (χ0v) is 32.5. The van der Waals surface area contributed by atoms with E-state index in [-0.39, 0.29) is 0 Å². The molecule has 0 aliphatic carbocycles. The highest BCUT2D eigenvalue weighted by atomic mass is 14.9. The Kier molecular flexibility index (Phi) is 7.85. The molecule has 0 atom stereocenters. The standard InChI is InChI=1S/C57H35N3/c1-2-14-47-44(8-1)33-52(50-16-4-3-15-49(47)50)37-19-25-42(26-20-37)57-59-53(34-54(60-57)45-12-6-11-43(32-45)46-13-7-31-58-35-46)38-21-17-36(18-22-38)48-29-27-41-24-23-39-9-5-10-40-28-30-51(48)56(41)55(39)40/h1-35H. The molecule has 0 aliphatic rings. The van der Waals surface area contributed by atoms with Crippen molar-refractivity contribution < 1.29 is 0 Å². The second kappa shape index (κ2) is 13.8. The molecule has 0 spiro atoms. The third kappa shape index (κ3) is 5.71. The minimum atomic E-state index is 0.681. The molecule has 278 valence electrons. The summed E-state index contributed by atoms with van der Waals surface area (Å²) in [4.78, 5) is 14.9. The second-order valence-electron chi connectivity index (χ2n) is 15.6. The van der Waals surface area contributed by atoms with Crippen LogP contribution < -0.4 is 0 Å². The molecule has 0 amide bonds. The molecule has 60 heavy (non-hydrogen) atoms. The quantitative estimate of drug-likeness (QED) is 0.158. The van der Waals surface area contributed by atoms with Gasteiger partial charge in [-0.3, -0.25) is 4.98 Å². The van der Waals surface area contributed by atoms with Gasteiger partial charge in [0.15, 0.2) is 5.82 Å². The zero-order valence-electron chi connectivity index (χ0n) is 32.5. The Hall–Kier alpha value is -8.01. The van der Waals surface area contributed by atoms with E-state index in [2.05, 4.69) is 199 Å². The summed E-state index contributed by atoms with van der Waals surface area (Å²) in [5.74, 6) is 0.681. The van der Waals surface area contributed by atoms with Gasteiger partial charge in [-0.2, -0.15) is 0 Å². The lowest BCUT2D eigenvalue weighted by Gasteiger charge is -2.15. The van der Waals surface area contributed by atoms with Gasteiger partial charge in [-0.05, 0) is 106 Å². The summed E-state index contributed by atoms with van der Waals surface area (Å²) in [6.45, 7) is 0. The number of benzene rings is 10. The first kappa shape index (κ1) is 34.1. The Morgan fingerprint density at radius 2 is 0.867 bits per heavy atom. The van der Waals surface area contributed by atoms with Crippen LogP contribution >= 0.6 is 0 Å². The summed E-state index contributed by atoms with van der Waals surface area (Å²) in [5, 5.41) is 12.7. The van der Waals surface area contributed by atoms with Crippen molar-refractivity contribution >= 4 is 53.9 Å². The van der Waals surface area contributed by atoms with E-state index < -0.39 is 0 Å². The molecular formula is C57H35N3. The fourth-order valence-corrected chi connectivity index (χ4v) is 9.16. The fourth-order valence-electron chi connectivity index (χ4n) is 9.16. The van der Waals surface area contributed by atoms with Gasteiger partial charge in [0, 0.05) is 34.6 Å². The summed E-state index contributed by atoms with van der Waals surface area (Å²) < 4.78 is 0. The van der Waals surface area contributed by atoms with Crippen LogP contribution in [0.25, 0.3) is 121 Å². The van der Waals surface area contributed by atoms with Crippen LogP contribution in [0, 0.1) is 0 Å². The molecule has 0 fully saturated rings. The van der Waals surface area contributed by atoms with Crippen molar-refractivity contribution in [3.05, 3.63) is 213 Å². The molecule has 10 aromatic carbocycles. The van der Waals surface area contributed by atoms with E-state index >= 15 is 0 Å². The Labute approximate surface area is 347 Å². The predicted molar refractivity (Wildman–Crippen MR) is 251 cm³/mol. The predicted octanol–water partition coefficient (Wildman–Crippen LogP) is 15.1. The van der Waals surface area contributed by atoms with Crippen molar-refractivity contribution in [2.45, 2.75) is 0 Å². The first-order chi connectivity index (χ1) is 29.7. The SMILES string of the molecule is c1cncc(-c2cccc(-c3cc(-c4ccc(-c5ccc6ccc7cccc8ccc5c6c78)cc4)nc(-c4ccc(-c5cc6ccccc6c6ccccc56)cc4)n3)c2)c1. The molecule has 0 radical (unpaired) electrons. The van der Waals surface area contributed by atoms with Gasteiger partial charge >= 0.3 is 0 Å². The number of pyridine rings is 1. The van der Waals surface area contributed by atoms with Crippen LogP contribution in [-0.4, -0.2) is 15.0 Å². The molecule has 0 saturated carbocycles. The van der Waals surface area contributed by atoms with E-state index in [0.717, 1.165) is 44.8 Å². The normalized spacial score (nSPS) is 11.7. The number of rotatable bonds is 6. The first-order valence-corrected chi connectivity index (χ1v) is 20.4. The number of hydrogen-bond donors (Lipinski definition) is 0. The highest BCUT2D eigenvalue weighted by Gasteiger charge is 2.16. The van der Waals surface area contributed by atoms with Gasteiger partial charge in [0.25, 0.3) is 0 Å². The smallest absolute Gasteiger partial charge is 0.160 e. The van der Waals surface area contributed by atoms with Gasteiger partial charge < -0.3 is 0 Å². The van der Waals surface area contributed by atoms with Crippen LogP contribution in [-0.2, 0) is 0 Å². The molecule has 12 aromatic rings. The molecule has 12 rings (SSSR count). The topological polar surface area (TPSA) is 38.7 Å². The van der Waals surface area contributed by atoms with Crippen molar-refractivity contribution in [3.8, 4) is 67.3 Å². The zero-order chi connectivity index (χ0) is 39.6. The Morgan fingerprint density at radius 3 is 1.65 bits per heavy atom. The van der Waals surface area contributed by atoms with Crippen LogP contribution in [0.1, 0.15) is 0 Å². The van der Waals surface area contributed by atoms with Crippen LogP contribution in [0.4, 0.5) is 0 Å². The van der Waals surface area contributed by atoms with Gasteiger partial charge in [-0.25, -0.2) is 9.97 Å². The molecule has 0 N–H and O–H groups in total. The van der Waals surface area contributed by atoms with E-state index in [1.54, 1.807) is 6.20 Å². The highest BCUT2D eigenvalue weighted by Crippen LogP contribution is 2.41. The molecule has 0 unspecified atom stereocenters. The van der Waals surface area contributed by atoms with Crippen molar-refractivity contribution in [2.75, 3.05) is 0 Å². The van der Waals surface area contributed by atoms with Crippen LogP contribution in [0.3, 0.4) is 0 Å². The Bertz CT molecular complexity index is 3560. The van der Waals surface area contributed by atoms with Gasteiger partial charge in [-0.1, -0.05) is 176 Å². The number of hydrogen-bond acceptors (Lipinski definition) is 3. The van der Waals surface area contributed by atoms with Gasteiger partial charge in [0.05, 0.1) is 11.4 Å². The Morgan fingerprint density at radius 1 is 0.283 bits per heavy atom. The maximum absolute atomic E-state index is 5.26. The number of fused-ring (bicyclic) bond motifs is 3. The molecule has 0 aliphatic heterocycles. The van der Waals surface area contributed by atoms with E-state index in [1.807, 2.05) is 12.3 Å². The third-order valence-corrected chi connectivity index (χ3v) is 12.1. The second-order valence-corrected chi connectivity index (χ2v) is 15.6.